The maximum Gasteiger partial charge on any atom is 0.242 e. The van der Waals surface area contributed by atoms with Crippen molar-refractivity contribution in [3.8, 4) is 0 Å². The van der Waals surface area contributed by atoms with Gasteiger partial charge >= 0.3 is 0 Å². The van der Waals surface area contributed by atoms with Crippen molar-refractivity contribution in [3.05, 3.63) is 69.7 Å². The fourth-order valence-corrected chi connectivity index (χ4v) is 3.56. The summed E-state index contributed by atoms with van der Waals surface area (Å²) in [4.78, 5) is 27.8. The van der Waals surface area contributed by atoms with Crippen molar-refractivity contribution in [2.45, 2.75) is 46.1 Å². The van der Waals surface area contributed by atoms with Crippen LogP contribution in [-0.2, 0) is 22.4 Å². The lowest BCUT2D eigenvalue weighted by molar-refractivity contribution is -0.140. The van der Waals surface area contributed by atoms with Gasteiger partial charge in [-0.3, -0.25) is 9.59 Å². The van der Waals surface area contributed by atoms with Crippen LogP contribution in [0.5, 0.6) is 0 Å². The van der Waals surface area contributed by atoms with Crippen LogP contribution in [0.15, 0.2) is 48.5 Å². The number of benzene rings is 2. The zero-order chi connectivity index (χ0) is 22.1. The Labute approximate surface area is 189 Å². The van der Waals surface area contributed by atoms with Gasteiger partial charge in [0.15, 0.2) is 0 Å². The maximum atomic E-state index is 13.2. The van der Waals surface area contributed by atoms with Gasteiger partial charge in [-0.2, -0.15) is 0 Å². The van der Waals surface area contributed by atoms with E-state index in [4.69, 9.17) is 23.2 Å². The van der Waals surface area contributed by atoms with Crippen molar-refractivity contribution < 1.29 is 9.59 Å². The highest BCUT2D eigenvalue weighted by Crippen LogP contribution is 2.23. The average Bonchev–Trinajstić information content (AvgIpc) is 2.72. The van der Waals surface area contributed by atoms with Gasteiger partial charge in [-0.1, -0.05) is 80.4 Å². The number of hydrogen-bond acceptors (Lipinski definition) is 2. The molecule has 0 aromatic heterocycles. The van der Waals surface area contributed by atoms with E-state index in [2.05, 4.69) is 5.32 Å². The first-order valence-electron chi connectivity index (χ1n) is 10.4. The van der Waals surface area contributed by atoms with Crippen LogP contribution in [0, 0.1) is 5.92 Å². The van der Waals surface area contributed by atoms with Gasteiger partial charge in [0, 0.05) is 13.1 Å². The average molecular weight is 449 g/mol. The molecule has 1 unspecified atom stereocenters. The first kappa shape index (κ1) is 24.2. The Kier molecular flexibility index (Phi) is 9.67. The van der Waals surface area contributed by atoms with Crippen LogP contribution in [0.1, 0.15) is 38.3 Å². The number of rotatable bonds is 10. The molecule has 0 aliphatic carbocycles. The summed E-state index contributed by atoms with van der Waals surface area (Å²) >= 11 is 12.1. The summed E-state index contributed by atoms with van der Waals surface area (Å²) in [6, 6.07) is 14.6. The molecule has 0 spiro atoms. The van der Waals surface area contributed by atoms with Crippen molar-refractivity contribution in [1.29, 1.82) is 0 Å². The first-order chi connectivity index (χ1) is 14.3. The minimum atomic E-state index is -0.511. The highest BCUT2D eigenvalue weighted by atomic mass is 35.5. The lowest BCUT2D eigenvalue weighted by Gasteiger charge is -2.31. The van der Waals surface area contributed by atoms with Crippen LogP contribution in [0.3, 0.4) is 0 Å². The Morgan fingerprint density at radius 3 is 2.30 bits per heavy atom. The van der Waals surface area contributed by atoms with Gasteiger partial charge in [-0.15, -0.1) is 0 Å². The van der Waals surface area contributed by atoms with Crippen molar-refractivity contribution in [2.24, 2.45) is 5.92 Å². The Morgan fingerprint density at radius 1 is 1.00 bits per heavy atom. The van der Waals surface area contributed by atoms with Gasteiger partial charge in [-0.25, -0.2) is 0 Å². The molecule has 1 N–H and O–H groups in total. The summed E-state index contributed by atoms with van der Waals surface area (Å²) in [5, 5.41) is 3.84. The second-order valence-corrected chi connectivity index (χ2v) is 8.63. The van der Waals surface area contributed by atoms with Crippen LogP contribution in [-0.4, -0.2) is 35.8 Å². The molecule has 0 aliphatic rings. The lowest BCUT2D eigenvalue weighted by Crippen LogP contribution is -2.51. The van der Waals surface area contributed by atoms with Crippen LogP contribution < -0.4 is 5.32 Å². The molecule has 0 radical (unpaired) electrons. The first-order valence-corrected chi connectivity index (χ1v) is 11.1. The largest absolute Gasteiger partial charge is 0.354 e. The summed E-state index contributed by atoms with van der Waals surface area (Å²) in [5.41, 5.74) is 1.90. The predicted octanol–water partition coefficient (Wildman–Crippen LogP) is 5.16. The molecule has 1 atom stereocenters. The fourth-order valence-electron chi connectivity index (χ4n) is 3.24. The summed E-state index contributed by atoms with van der Waals surface area (Å²) < 4.78 is 0. The third kappa shape index (κ3) is 7.33. The SMILES string of the molecule is CCC(C(=O)NCC(C)C)N(CCc1ccccc1)C(=O)Cc1ccc(Cl)c(Cl)c1. The zero-order valence-corrected chi connectivity index (χ0v) is 19.3. The van der Waals surface area contributed by atoms with E-state index in [9.17, 15) is 9.59 Å². The Hall–Kier alpha value is -2.04. The second-order valence-electron chi connectivity index (χ2n) is 7.81. The second kappa shape index (κ2) is 12.0. The van der Waals surface area contributed by atoms with Crippen LogP contribution in [0.25, 0.3) is 0 Å². The Morgan fingerprint density at radius 2 is 1.70 bits per heavy atom. The molecule has 2 amide bonds. The van der Waals surface area contributed by atoms with E-state index in [0.29, 0.717) is 41.9 Å². The molecule has 4 nitrogen and oxygen atoms in total. The number of amides is 2. The van der Waals surface area contributed by atoms with Gasteiger partial charge in [0.1, 0.15) is 6.04 Å². The molecule has 0 saturated heterocycles. The van der Waals surface area contributed by atoms with E-state index >= 15 is 0 Å². The summed E-state index contributed by atoms with van der Waals surface area (Å²) in [7, 11) is 0. The van der Waals surface area contributed by atoms with Gasteiger partial charge in [0.05, 0.1) is 16.5 Å². The minimum absolute atomic E-state index is 0.101. The molecule has 0 fully saturated rings. The number of halogens is 2. The molecule has 2 aromatic rings. The molecule has 0 bridgehead atoms. The van der Waals surface area contributed by atoms with Gasteiger partial charge in [-0.05, 0) is 42.0 Å². The maximum absolute atomic E-state index is 13.2. The number of carbonyl (C=O) groups excluding carboxylic acids is 2. The number of hydrogen-bond donors (Lipinski definition) is 1. The summed E-state index contributed by atoms with van der Waals surface area (Å²) in [5.74, 6) is 0.133. The Bertz CT molecular complexity index is 840. The molecule has 0 heterocycles. The molecule has 0 aliphatic heterocycles. The van der Waals surface area contributed by atoms with E-state index < -0.39 is 6.04 Å². The predicted molar refractivity (Wildman–Crippen MR) is 124 cm³/mol. The van der Waals surface area contributed by atoms with Crippen molar-refractivity contribution >= 4 is 35.0 Å². The number of carbonyl (C=O) groups is 2. The van der Waals surface area contributed by atoms with Gasteiger partial charge < -0.3 is 10.2 Å². The summed E-state index contributed by atoms with van der Waals surface area (Å²) in [6.45, 7) is 7.08. The zero-order valence-electron chi connectivity index (χ0n) is 17.8. The van der Waals surface area contributed by atoms with Crippen molar-refractivity contribution in [3.63, 3.8) is 0 Å². The minimum Gasteiger partial charge on any atom is -0.354 e. The van der Waals surface area contributed by atoms with Crippen molar-refractivity contribution in [2.75, 3.05) is 13.1 Å². The lowest BCUT2D eigenvalue weighted by atomic mass is 10.1. The number of nitrogens with zero attached hydrogens (tertiary/aromatic N) is 1. The smallest absolute Gasteiger partial charge is 0.242 e. The topological polar surface area (TPSA) is 49.4 Å². The molecule has 0 saturated carbocycles. The normalized spacial score (nSPS) is 11.9. The highest BCUT2D eigenvalue weighted by molar-refractivity contribution is 6.42. The molecular formula is C24H30Cl2N2O2. The van der Waals surface area contributed by atoms with E-state index in [-0.39, 0.29) is 18.2 Å². The quantitative estimate of drug-likeness (QED) is 0.545. The number of nitrogens with one attached hydrogen (secondary N) is 1. The van der Waals surface area contributed by atoms with Gasteiger partial charge in [0.2, 0.25) is 11.8 Å². The molecule has 162 valence electrons. The fraction of sp³-hybridized carbons (Fsp3) is 0.417. The molecule has 2 rings (SSSR count). The standard InChI is InChI=1S/C24H30Cl2N2O2/c1-4-22(24(30)27-16-17(2)3)28(13-12-18-8-6-5-7-9-18)23(29)15-19-10-11-20(25)21(26)14-19/h5-11,14,17,22H,4,12-13,15-16H2,1-3H3,(H,27,30). The molecule has 6 heteroatoms. The van der Waals surface area contributed by atoms with Crippen LogP contribution in [0.4, 0.5) is 0 Å². The monoisotopic (exact) mass is 448 g/mol. The van der Waals surface area contributed by atoms with Crippen LogP contribution in [0.2, 0.25) is 10.0 Å². The molecule has 30 heavy (non-hydrogen) atoms. The van der Waals surface area contributed by atoms with Gasteiger partial charge in [0.25, 0.3) is 0 Å². The molecule has 2 aromatic carbocycles. The highest BCUT2D eigenvalue weighted by Gasteiger charge is 2.28. The van der Waals surface area contributed by atoms with Crippen molar-refractivity contribution in [1.82, 2.24) is 10.2 Å². The van der Waals surface area contributed by atoms with E-state index in [1.807, 2.05) is 51.1 Å². The molecular weight excluding hydrogens is 419 g/mol. The van der Waals surface area contributed by atoms with E-state index in [0.717, 1.165) is 11.1 Å². The van der Waals surface area contributed by atoms with E-state index in [1.54, 1.807) is 23.1 Å². The third-order valence-corrected chi connectivity index (χ3v) is 5.63. The third-order valence-electron chi connectivity index (χ3n) is 4.89. The Balaban J connectivity index is 2.20. The summed E-state index contributed by atoms with van der Waals surface area (Å²) in [6.07, 6.45) is 1.40. The van der Waals surface area contributed by atoms with E-state index in [1.165, 1.54) is 0 Å². The van der Waals surface area contributed by atoms with Crippen LogP contribution >= 0.6 is 23.2 Å².